The van der Waals surface area contributed by atoms with Crippen molar-refractivity contribution < 1.29 is 4.79 Å². The number of imidazole rings is 1. The Morgan fingerprint density at radius 3 is 2.59 bits per heavy atom. The zero-order valence-corrected chi connectivity index (χ0v) is 13.5. The van der Waals surface area contributed by atoms with Crippen LogP contribution in [0, 0.1) is 19.9 Å². The number of nitrogens with zero attached hydrogens (tertiary/aromatic N) is 3. The van der Waals surface area contributed by atoms with Crippen LogP contribution in [0.3, 0.4) is 0 Å². The number of amides is 1. The van der Waals surface area contributed by atoms with Crippen LogP contribution in [-0.2, 0) is 4.79 Å². The fourth-order valence-corrected chi connectivity index (χ4v) is 2.54. The van der Waals surface area contributed by atoms with Crippen LogP contribution < -0.4 is 5.32 Å². The number of fused-ring (bicyclic) bond motifs is 1. The predicted molar refractivity (Wildman–Crippen MR) is 85.9 cm³/mol. The molecular weight excluding hydrogens is 278 g/mol. The molecule has 0 aliphatic carbocycles. The van der Waals surface area contributed by atoms with E-state index < -0.39 is 0 Å². The van der Waals surface area contributed by atoms with Crippen molar-refractivity contribution in [3.05, 3.63) is 35.0 Å². The summed E-state index contributed by atoms with van der Waals surface area (Å²) in [4.78, 5) is 23.3. The molecule has 1 atom stereocenters. The predicted octanol–water partition coefficient (Wildman–Crippen LogP) is 1.99. The van der Waals surface area contributed by atoms with Gasteiger partial charge in [-0.05, 0) is 44.0 Å². The Morgan fingerprint density at radius 1 is 1.18 bits per heavy atom. The number of hydrogen-bond donors (Lipinski definition) is 2. The van der Waals surface area contributed by atoms with Crippen LogP contribution in [0.1, 0.15) is 18.1 Å². The van der Waals surface area contributed by atoms with Crippen molar-refractivity contribution in [2.75, 3.05) is 19.4 Å². The minimum Gasteiger partial charge on any atom is -0.340 e. The fourth-order valence-electron chi connectivity index (χ4n) is 2.54. The number of allylic oxidation sites excluding steroid dienone is 1. The lowest BCUT2D eigenvalue weighted by atomic mass is 10.1. The lowest BCUT2D eigenvalue weighted by Crippen LogP contribution is -2.54. The number of carbonyl (C=O) groups excluding carboxylic acids is 1. The zero-order chi connectivity index (χ0) is 16.0. The Bertz CT molecular complexity index is 737. The summed E-state index contributed by atoms with van der Waals surface area (Å²) in [5.41, 5.74) is 5.12. The minimum absolute atomic E-state index is 0.143. The van der Waals surface area contributed by atoms with Crippen molar-refractivity contribution in [3.8, 4) is 0 Å². The highest BCUT2D eigenvalue weighted by Crippen LogP contribution is 2.22. The summed E-state index contributed by atoms with van der Waals surface area (Å²) in [6.45, 7) is 6.01. The van der Waals surface area contributed by atoms with Gasteiger partial charge in [0.25, 0.3) is 5.91 Å². The van der Waals surface area contributed by atoms with Crippen LogP contribution >= 0.6 is 0 Å². The number of anilines is 1. The molecule has 0 bridgehead atoms. The number of hydrogen-bond acceptors (Lipinski definition) is 4. The summed E-state index contributed by atoms with van der Waals surface area (Å²) in [5, 5.41) is 3.27. The lowest BCUT2D eigenvalue weighted by Gasteiger charge is -2.39. The Balaban J connectivity index is 1.92. The third kappa shape index (κ3) is 2.30. The van der Waals surface area contributed by atoms with Gasteiger partial charge < -0.3 is 20.1 Å². The Kier molecular flexibility index (Phi) is 3.31. The summed E-state index contributed by atoms with van der Waals surface area (Å²) in [6.07, 6.45) is 2.50. The van der Waals surface area contributed by atoms with Gasteiger partial charge in [-0.25, -0.2) is 4.98 Å². The number of benzene rings is 1. The standard InChI is InChI=1S/C16H20N5O/c1-9-6-12-13(7-10(9)2)18-15(17-12)19-16-20(4)11(3)8-14(22)21(16)5/h6-7,16H,1-5H3,(H2,17,18,19). The van der Waals surface area contributed by atoms with Crippen LogP contribution in [0.25, 0.3) is 11.0 Å². The number of aryl methyl sites for hydroxylation is 2. The van der Waals surface area contributed by atoms with E-state index in [-0.39, 0.29) is 12.2 Å². The summed E-state index contributed by atoms with van der Waals surface area (Å²) in [7, 11) is 3.66. The molecule has 1 radical (unpaired) electrons. The lowest BCUT2D eigenvalue weighted by molar-refractivity contribution is -0.131. The summed E-state index contributed by atoms with van der Waals surface area (Å²) in [5.74, 6) is 0.502. The fraction of sp³-hybridized carbons (Fsp3) is 0.375. The van der Waals surface area contributed by atoms with Crippen LogP contribution in [0.4, 0.5) is 5.95 Å². The van der Waals surface area contributed by atoms with Crippen molar-refractivity contribution >= 4 is 22.9 Å². The number of aromatic nitrogens is 2. The Hall–Kier alpha value is -2.50. The van der Waals surface area contributed by atoms with Gasteiger partial charge in [0.15, 0.2) is 6.29 Å². The van der Waals surface area contributed by atoms with E-state index >= 15 is 0 Å². The first kappa shape index (κ1) is 14.4. The van der Waals surface area contributed by atoms with Crippen LogP contribution in [0.2, 0.25) is 0 Å². The Labute approximate surface area is 129 Å². The molecular formula is C16H20N5O. The molecule has 1 aliphatic rings. The number of aromatic amines is 1. The van der Waals surface area contributed by atoms with E-state index in [0.717, 1.165) is 16.7 Å². The SMILES string of the molecule is CC1=[C]C(=O)N(C)C(Nc2nc3cc(C)c(C)cc3[nH]2)N1C. The topological polar surface area (TPSA) is 64.3 Å². The largest absolute Gasteiger partial charge is 0.340 e. The van der Waals surface area contributed by atoms with Gasteiger partial charge in [0, 0.05) is 19.8 Å². The molecule has 6 nitrogen and oxygen atoms in total. The highest BCUT2D eigenvalue weighted by molar-refractivity contribution is 5.85. The molecule has 1 aromatic carbocycles. The first-order valence-corrected chi connectivity index (χ1v) is 7.20. The second-order valence-corrected chi connectivity index (χ2v) is 5.79. The molecule has 1 amide bonds. The van der Waals surface area contributed by atoms with E-state index in [4.69, 9.17) is 0 Å². The average molecular weight is 298 g/mol. The molecule has 0 saturated carbocycles. The van der Waals surface area contributed by atoms with E-state index in [2.05, 4.69) is 47.3 Å². The molecule has 2 aromatic rings. The second kappa shape index (κ2) is 5.05. The second-order valence-electron chi connectivity index (χ2n) is 5.79. The van der Waals surface area contributed by atoms with Crippen LogP contribution in [-0.4, -0.2) is 46.1 Å². The van der Waals surface area contributed by atoms with Gasteiger partial charge in [-0.1, -0.05) is 0 Å². The van der Waals surface area contributed by atoms with Gasteiger partial charge in [0.1, 0.15) is 0 Å². The van der Waals surface area contributed by atoms with Crippen molar-refractivity contribution in [2.24, 2.45) is 0 Å². The number of carbonyl (C=O) groups is 1. The van der Waals surface area contributed by atoms with Crippen molar-refractivity contribution in [3.63, 3.8) is 0 Å². The average Bonchev–Trinajstić information content (AvgIpc) is 2.83. The Morgan fingerprint density at radius 2 is 1.86 bits per heavy atom. The first-order chi connectivity index (χ1) is 10.4. The number of H-pyrrole nitrogens is 1. The van der Waals surface area contributed by atoms with Gasteiger partial charge in [0.05, 0.1) is 17.1 Å². The van der Waals surface area contributed by atoms with Crippen LogP contribution in [0.5, 0.6) is 0 Å². The van der Waals surface area contributed by atoms with Gasteiger partial charge in [0.2, 0.25) is 5.95 Å². The minimum atomic E-state index is -0.295. The van der Waals surface area contributed by atoms with E-state index in [1.54, 1.807) is 11.9 Å². The third-order valence-corrected chi connectivity index (χ3v) is 4.23. The molecule has 2 heterocycles. The van der Waals surface area contributed by atoms with Crippen molar-refractivity contribution in [2.45, 2.75) is 27.1 Å². The third-order valence-electron chi connectivity index (χ3n) is 4.23. The molecule has 1 unspecified atom stereocenters. The zero-order valence-electron chi connectivity index (χ0n) is 13.5. The maximum Gasteiger partial charge on any atom is 0.259 e. The molecule has 6 heteroatoms. The number of rotatable bonds is 2. The number of nitrogens with one attached hydrogen (secondary N) is 2. The molecule has 0 saturated heterocycles. The summed E-state index contributed by atoms with van der Waals surface area (Å²) < 4.78 is 0. The molecule has 115 valence electrons. The van der Waals surface area contributed by atoms with Gasteiger partial charge in [-0.3, -0.25) is 4.79 Å². The highest BCUT2D eigenvalue weighted by Gasteiger charge is 2.29. The van der Waals surface area contributed by atoms with Crippen molar-refractivity contribution in [1.82, 2.24) is 19.8 Å². The molecule has 22 heavy (non-hydrogen) atoms. The van der Waals surface area contributed by atoms with Gasteiger partial charge in [-0.15, -0.1) is 0 Å². The maximum atomic E-state index is 11.9. The maximum absolute atomic E-state index is 11.9. The van der Waals surface area contributed by atoms with E-state index in [9.17, 15) is 4.79 Å². The molecule has 1 aromatic heterocycles. The quantitative estimate of drug-likeness (QED) is 0.890. The van der Waals surface area contributed by atoms with Gasteiger partial charge >= 0.3 is 0 Å². The van der Waals surface area contributed by atoms with Gasteiger partial charge in [-0.2, -0.15) is 0 Å². The molecule has 2 N–H and O–H groups in total. The normalized spacial score (nSPS) is 18.9. The monoisotopic (exact) mass is 298 g/mol. The van der Waals surface area contributed by atoms with Crippen molar-refractivity contribution in [1.29, 1.82) is 0 Å². The smallest absolute Gasteiger partial charge is 0.259 e. The number of likely N-dealkylation sites (N-methyl/N-ethyl adjacent to an activating group) is 1. The molecule has 0 spiro atoms. The molecule has 3 rings (SSSR count). The summed E-state index contributed by atoms with van der Waals surface area (Å²) in [6, 6.07) is 4.14. The van der Waals surface area contributed by atoms with E-state index in [1.807, 2.05) is 18.9 Å². The molecule has 0 fully saturated rings. The van der Waals surface area contributed by atoms with E-state index in [1.165, 1.54) is 11.1 Å². The highest BCUT2D eigenvalue weighted by atomic mass is 16.2. The summed E-state index contributed by atoms with van der Waals surface area (Å²) >= 11 is 0. The van der Waals surface area contributed by atoms with E-state index in [0.29, 0.717) is 5.95 Å². The first-order valence-electron chi connectivity index (χ1n) is 7.20. The molecule has 1 aliphatic heterocycles. The van der Waals surface area contributed by atoms with Crippen LogP contribution in [0.15, 0.2) is 17.8 Å².